The first kappa shape index (κ1) is 8.18. The fourth-order valence-electron chi connectivity index (χ4n) is 1.04. The van der Waals surface area contributed by atoms with Crippen molar-refractivity contribution in [1.29, 1.82) is 0 Å². The first-order valence-corrected chi connectivity index (χ1v) is 4.20. The van der Waals surface area contributed by atoms with Gasteiger partial charge < -0.3 is 9.51 Å². The fourth-order valence-corrected chi connectivity index (χ4v) is 1.44. The third-order valence-corrected chi connectivity index (χ3v) is 1.93. The normalized spacial score (nSPS) is 10.5. The molecule has 13 heavy (non-hydrogen) atoms. The molecule has 0 radical (unpaired) electrons. The highest BCUT2D eigenvalue weighted by Crippen LogP contribution is 2.11. The van der Waals surface area contributed by atoms with Crippen LogP contribution in [0.2, 0.25) is 0 Å². The van der Waals surface area contributed by atoms with Crippen LogP contribution in [-0.2, 0) is 0 Å². The molecule has 0 spiro atoms. The van der Waals surface area contributed by atoms with Gasteiger partial charge in [0.1, 0.15) is 4.60 Å². The second-order valence-corrected chi connectivity index (χ2v) is 3.19. The van der Waals surface area contributed by atoms with Gasteiger partial charge in [0, 0.05) is 18.6 Å². The van der Waals surface area contributed by atoms with Crippen molar-refractivity contribution in [3.8, 4) is 0 Å². The van der Waals surface area contributed by atoms with E-state index in [0.717, 1.165) is 0 Å². The van der Waals surface area contributed by atoms with Gasteiger partial charge in [0.05, 0.1) is 0 Å². The SMILES string of the molecule is O=C(O)c1nc(Br)cn2ccnc12. The molecule has 6 heteroatoms. The van der Waals surface area contributed by atoms with Crippen molar-refractivity contribution in [3.63, 3.8) is 0 Å². The summed E-state index contributed by atoms with van der Waals surface area (Å²) >= 11 is 3.11. The van der Waals surface area contributed by atoms with Gasteiger partial charge in [0.25, 0.3) is 0 Å². The highest BCUT2D eigenvalue weighted by atomic mass is 79.9. The number of nitrogens with zero attached hydrogens (tertiary/aromatic N) is 3. The minimum atomic E-state index is -1.09. The smallest absolute Gasteiger partial charge is 0.358 e. The number of aromatic carboxylic acids is 1. The summed E-state index contributed by atoms with van der Waals surface area (Å²) in [5.74, 6) is -1.09. The van der Waals surface area contributed by atoms with E-state index in [-0.39, 0.29) is 5.69 Å². The van der Waals surface area contributed by atoms with Crippen LogP contribution >= 0.6 is 15.9 Å². The van der Waals surface area contributed by atoms with Gasteiger partial charge in [-0.15, -0.1) is 0 Å². The van der Waals surface area contributed by atoms with Crippen LogP contribution in [0, 0.1) is 0 Å². The lowest BCUT2D eigenvalue weighted by atomic mass is 10.4. The number of halogens is 1. The van der Waals surface area contributed by atoms with Crippen molar-refractivity contribution in [2.75, 3.05) is 0 Å². The van der Waals surface area contributed by atoms with Gasteiger partial charge in [-0.3, -0.25) is 0 Å². The van der Waals surface area contributed by atoms with Crippen LogP contribution in [0.15, 0.2) is 23.2 Å². The summed E-state index contributed by atoms with van der Waals surface area (Å²) in [4.78, 5) is 18.4. The van der Waals surface area contributed by atoms with Crippen molar-refractivity contribution < 1.29 is 9.90 Å². The Labute approximate surface area is 81.2 Å². The molecule has 2 aromatic heterocycles. The van der Waals surface area contributed by atoms with Gasteiger partial charge in [0.15, 0.2) is 11.3 Å². The highest BCUT2D eigenvalue weighted by molar-refractivity contribution is 9.10. The molecule has 0 aliphatic carbocycles. The average Bonchev–Trinajstić information content (AvgIpc) is 2.49. The lowest BCUT2D eigenvalue weighted by Crippen LogP contribution is -2.04. The standard InChI is InChI=1S/C7H4BrN3O2/c8-4-3-11-2-1-9-6(11)5(10-4)7(12)13/h1-3H,(H,12,13). The maximum Gasteiger partial charge on any atom is 0.358 e. The lowest BCUT2D eigenvalue weighted by Gasteiger charge is -1.98. The van der Waals surface area contributed by atoms with Gasteiger partial charge in [-0.25, -0.2) is 14.8 Å². The summed E-state index contributed by atoms with van der Waals surface area (Å²) in [7, 11) is 0. The third-order valence-electron chi connectivity index (χ3n) is 1.55. The van der Waals surface area contributed by atoms with E-state index in [1.807, 2.05) is 0 Å². The fraction of sp³-hybridized carbons (Fsp3) is 0. The molecular formula is C7H4BrN3O2. The Bertz CT molecular complexity index is 480. The van der Waals surface area contributed by atoms with E-state index >= 15 is 0 Å². The molecule has 1 N–H and O–H groups in total. The van der Waals surface area contributed by atoms with E-state index in [2.05, 4.69) is 25.9 Å². The second-order valence-electron chi connectivity index (χ2n) is 2.38. The molecule has 2 heterocycles. The number of carboxylic acids is 1. The first-order chi connectivity index (χ1) is 6.18. The quantitative estimate of drug-likeness (QED) is 0.815. The van der Waals surface area contributed by atoms with Crippen molar-refractivity contribution in [2.45, 2.75) is 0 Å². The van der Waals surface area contributed by atoms with Crippen molar-refractivity contribution >= 4 is 27.5 Å². The Balaban J connectivity index is 2.84. The van der Waals surface area contributed by atoms with Gasteiger partial charge in [-0.1, -0.05) is 0 Å². The van der Waals surface area contributed by atoms with E-state index in [1.165, 1.54) is 6.20 Å². The molecule has 0 fully saturated rings. The number of fused-ring (bicyclic) bond motifs is 1. The number of hydrogen-bond acceptors (Lipinski definition) is 3. The van der Waals surface area contributed by atoms with E-state index < -0.39 is 5.97 Å². The summed E-state index contributed by atoms with van der Waals surface area (Å²) in [5.41, 5.74) is 0.287. The summed E-state index contributed by atoms with van der Waals surface area (Å²) in [6.45, 7) is 0. The van der Waals surface area contributed by atoms with Gasteiger partial charge in [-0.05, 0) is 15.9 Å². The van der Waals surface area contributed by atoms with Crippen LogP contribution in [0.4, 0.5) is 0 Å². The molecule has 2 aromatic rings. The van der Waals surface area contributed by atoms with E-state index in [1.54, 1.807) is 16.8 Å². The zero-order valence-corrected chi connectivity index (χ0v) is 7.89. The zero-order chi connectivity index (χ0) is 9.42. The molecule has 2 rings (SSSR count). The van der Waals surface area contributed by atoms with Crippen LogP contribution in [0.3, 0.4) is 0 Å². The maximum atomic E-state index is 10.7. The summed E-state index contributed by atoms with van der Waals surface area (Å²) < 4.78 is 2.07. The zero-order valence-electron chi connectivity index (χ0n) is 6.31. The van der Waals surface area contributed by atoms with Gasteiger partial charge >= 0.3 is 5.97 Å². The number of rotatable bonds is 1. The number of carboxylic acid groups (broad SMARTS) is 1. The Morgan fingerprint density at radius 3 is 3.08 bits per heavy atom. The molecule has 66 valence electrons. The number of carbonyl (C=O) groups is 1. The largest absolute Gasteiger partial charge is 0.476 e. The van der Waals surface area contributed by atoms with Gasteiger partial charge in [-0.2, -0.15) is 0 Å². The molecule has 5 nitrogen and oxygen atoms in total. The third kappa shape index (κ3) is 1.29. The Hall–Kier alpha value is -1.43. The number of aromatic nitrogens is 3. The van der Waals surface area contributed by atoms with Crippen LogP contribution in [0.1, 0.15) is 10.5 Å². The average molecular weight is 242 g/mol. The Kier molecular flexibility index (Phi) is 1.77. The van der Waals surface area contributed by atoms with Crippen molar-refractivity contribution in [2.24, 2.45) is 0 Å². The minimum absolute atomic E-state index is 0.0561. The van der Waals surface area contributed by atoms with E-state index in [4.69, 9.17) is 5.11 Å². The summed E-state index contributed by atoms with van der Waals surface area (Å²) in [5, 5.41) is 8.79. The lowest BCUT2D eigenvalue weighted by molar-refractivity contribution is 0.0692. The topological polar surface area (TPSA) is 67.5 Å². The Morgan fingerprint density at radius 1 is 1.62 bits per heavy atom. The van der Waals surface area contributed by atoms with E-state index in [9.17, 15) is 4.79 Å². The minimum Gasteiger partial charge on any atom is -0.476 e. The van der Waals surface area contributed by atoms with Crippen LogP contribution in [-0.4, -0.2) is 25.4 Å². The molecule has 0 aliphatic heterocycles. The predicted octanol–water partition coefficient (Wildman–Crippen LogP) is 1.19. The molecule has 0 bridgehead atoms. The van der Waals surface area contributed by atoms with Crippen LogP contribution in [0.5, 0.6) is 0 Å². The molecule has 0 saturated heterocycles. The maximum absolute atomic E-state index is 10.7. The number of imidazole rings is 1. The summed E-state index contributed by atoms with van der Waals surface area (Å²) in [6.07, 6.45) is 4.83. The Morgan fingerprint density at radius 2 is 2.38 bits per heavy atom. The summed E-state index contributed by atoms with van der Waals surface area (Å²) in [6, 6.07) is 0. The molecule has 0 aliphatic rings. The monoisotopic (exact) mass is 241 g/mol. The van der Waals surface area contributed by atoms with Crippen molar-refractivity contribution in [3.05, 3.63) is 28.9 Å². The highest BCUT2D eigenvalue weighted by Gasteiger charge is 2.12. The molecule has 0 atom stereocenters. The molecule has 0 unspecified atom stereocenters. The number of hydrogen-bond donors (Lipinski definition) is 1. The van der Waals surface area contributed by atoms with Crippen LogP contribution in [0.25, 0.3) is 5.65 Å². The first-order valence-electron chi connectivity index (χ1n) is 3.41. The molecule has 0 saturated carbocycles. The van der Waals surface area contributed by atoms with Crippen LogP contribution < -0.4 is 0 Å². The van der Waals surface area contributed by atoms with E-state index in [0.29, 0.717) is 10.3 Å². The van der Waals surface area contributed by atoms with Gasteiger partial charge in [0.2, 0.25) is 0 Å². The predicted molar refractivity (Wildman–Crippen MR) is 47.6 cm³/mol. The van der Waals surface area contributed by atoms with Crippen molar-refractivity contribution in [1.82, 2.24) is 14.4 Å². The molecule has 0 aromatic carbocycles. The molecule has 0 amide bonds. The molecular weight excluding hydrogens is 238 g/mol. The second kappa shape index (κ2) is 2.81.